The fourth-order valence-corrected chi connectivity index (χ4v) is 3.31. The molecule has 0 spiro atoms. The van der Waals surface area contributed by atoms with Gasteiger partial charge in [0.05, 0.1) is 11.7 Å². The van der Waals surface area contributed by atoms with Gasteiger partial charge in [-0.2, -0.15) is 0 Å². The number of hydrogen-bond acceptors (Lipinski definition) is 4. The van der Waals surface area contributed by atoms with Crippen LogP contribution >= 0.6 is 11.5 Å². The lowest BCUT2D eigenvalue weighted by Crippen LogP contribution is -2.41. The Labute approximate surface area is 116 Å². The zero-order valence-electron chi connectivity index (χ0n) is 11.0. The normalized spacial score (nSPS) is 18.4. The zero-order valence-corrected chi connectivity index (χ0v) is 11.9. The van der Waals surface area contributed by atoms with E-state index in [4.69, 9.17) is 0 Å². The SMILES string of the molecule is CC[C@H]1c2cccn2CCN1C(=O)c1snnc1C. The smallest absolute Gasteiger partial charge is 0.268 e. The molecule has 6 heteroatoms. The van der Waals surface area contributed by atoms with Crippen molar-refractivity contribution < 1.29 is 4.79 Å². The molecule has 19 heavy (non-hydrogen) atoms. The van der Waals surface area contributed by atoms with Gasteiger partial charge in [0.1, 0.15) is 4.88 Å². The van der Waals surface area contributed by atoms with E-state index in [0.29, 0.717) is 4.88 Å². The first-order chi connectivity index (χ1) is 9.22. The van der Waals surface area contributed by atoms with Gasteiger partial charge in [-0.1, -0.05) is 11.4 Å². The molecule has 5 nitrogen and oxygen atoms in total. The molecule has 0 N–H and O–H groups in total. The maximum atomic E-state index is 12.6. The Morgan fingerprint density at radius 3 is 3.05 bits per heavy atom. The number of amides is 1. The highest BCUT2D eigenvalue weighted by atomic mass is 32.1. The summed E-state index contributed by atoms with van der Waals surface area (Å²) in [7, 11) is 0. The summed E-state index contributed by atoms with van der Waals surface area (Å²) in [5.74, 6) is 0.0619. The number of carbonyl (C=O) groups is 1. The lowest BCUT2D eigenvalue weighted by atomic mass is 10.1. The number of fused-ring (bicyclic) bond motifs is 1. The molecule has 0 unspecified atom stereocenters. The highest BCUT2D eigenvalue weighted by molar-refractivity contribution is 7.07. The minimum Gasteiger partial charge on any atom is -0.348 e. The van der Waals surface area contributed by atoms with Crippen LogP contribution in [0.15, 0.2) is 18.3 Å². The minimum atomic E-state index is 0.0619. The molecule has 3 heterocycles. The first kappa shape index (κ1) is 12.3. The van der Waals surface area contributed by atoms with Crippen LogP contribution in [0.5, 0.6) is 0 Å². The third kappa shape index (κ3) is 1.96. The Morgan fingerprint density at radius 1 is 1.53 bits per heavy atom. The van der Waals surface area contributed by atoms with E-state index in [-0.39, 0.29) is 11.9 Å². The zero-order chi connectivity index (χ0) is 13.4. The summed E-state index contributed by atoms with van der Waals surface area (Å²) in [6.07, 6.45) is 3.00. The molecular formula is C13H16N4OS. The molecule has 2 aromatic heterocycles. The van der Waals surface area contributed by atoms with Gasteiger partial charge in [0.2, 0.25) is 0 Å². The number of carbonyl (C=O) groups excluding carboxylic acids is 1. The van der Waals surface area contributed by atoms with Crippen molar-refractivity contribution in [3.05, 3.63) is 34.6 Å². The summed E-state index contributed by atoms with van der Waals surface area (Å²) < 4.78 is 6.09. The van der Waals surface area contributed by atoms with Crippen molar-refractivity contribution in [3.8, 4) is 0 Å². The van der Waals surface area contributed by atoms with E-state index in [1.807, 2.05) is 17.9 Å². The molecule has 0 bridgehead atoms. The maximum Gasteiger partial charge on any atom is 0.268 e. The molecule has 0 radical (unpaired) electrons. The van der Waals surface area contributed by atoms with Gasteiger partial charge in [0.25, 0.3) is 5.91 Å². The van der Waals surface area contributed by atoms with Crippen LogP contribution in [-0.4, -0.2) is 31.5 Å². The van der Waals surface area contributed by atoms with Gasteiger partial charge >= 0.3 is 0 Å². The standard InChI is InChI=1S/C13H16N4OS/c1-3-10-11-5-4-6-16(11)7-8-17(10)13(18)12-9(2)14-15-19-12/h4-6,10H,3,7-8H2,1-2H3/t10-/m0/s1. The number of rotatable bonds is 2. The van der Waals surface area contributed by atoms with E-state index in [0.717, 1.165) is 25.2 Å². The maximum absolute atomic E-state index is 12.6. The fourth-order valence-electron chi connectivity index (χ4n) is 2.70. The number of hydrogen-bond donors (Lipinski definition) is 0. The van der Waals surface area contributed by atoms with Crippen molar-refractivity contribution in [1.82, 2.24) is 19.1 Å². The third-order valence-corrected chi connectivity index (χ3v) is 4.47. The molecule has 1 aliphatic rings. The average molecular weight is 276 g/mol. The summed E-state index contributed by atoms with van der Waals surface area (Å²) in [4.78, 5) is 15.3. The molecule has 1 amide bonds. The molecule has 0 aromatic carbocycles. The second-order valence-electron chi connectivity index (χ2n) is 4.74. The minimum absolute atomic E-state index is 0.0619. The summed E-state index contributed by atoms with van der Waals surface area (Å²) in [6.45, 7) is 5.56. The topological polar surface area (TPSA) is 51.0 Å². The van der Waals surface area contributed by atoms with Crippen LogP contribution in [0.25, 0.3) is 0 Å². The van der Waals surface area contributed by atoms with E-state index < -0.39 is 0 Å². The third-order valence-electron chi connectivity index (χ3n) is 3.66. The second-order valence-corrected chi connectivity index (χ2v) is 5.49. The Kier molecular flexibility index (Phi) is 3.10. The lowest BCUT2D eigenvalue weighted by molar-refractivity contribution is 0.0622. The van der Waals surface area contributed by atoms with Gasteiger partial charge in [0, 0.05) is 25.0 Å². The van der Waals surface area contributed by atoms with Crippen LogP contribution in [0, 0.1) is 6.92 Å². The summed E-state index contributed by atoms with van der Waals surface area (Å²) in [5.41, 5.74) is 1.95. The van der Waals surface area contributed by atoms with Gasteiger partial charge in [-0.3, -0.25) is 4.79 Å². The van der Waals surface area contributed by atoms with E-state index in [1.54, 1.807) is 0 Å². The molecule has 0 aliphatic carbocycles. The molecule has 0 saturated carbocycles. The van der Waals surface area contributed by atoms with Crippen LogP contribution in [-0.2, 0) is 6.54 Å². The van der Waals surface area contributed by atoms with Crippen LogP contribution in [0.1, 0.15) is 40.4 Å². The van der Waals surface area contributed by atoms with Crippen LogP contribution in [0.2, 0.25) is 0 Å². The number of aromatic nitrogens is 3. The molecule has 2 aromatic rings. The number of aryl methyl sites for hydroxylation is 1. The van der Waals surface area contributed by atoms with Crippen molar-refractivity contribution in [3.63, 3.8) is 0 Å². The van der Waals surface area contributed by atoms with Gasteiger partial charge in [0.15, 0.2) is 0 Å². The van der Waals surface area contributed by atoms with Crippen LogP contribution < -0.4 is 0 Å². The van der Waals surface area contributed by atoms with Crippen LogP contribution in [0.4, 0.5) is 0 Å². The first-order valence-corrected chi connectivity index (χ1v) is 7.24. The van der Waals surface area contributed by atoms with Crippen molar-refractivity contribution in [2.45, 2.75) is 32.9 Å². The van der Waals surface area contributed by atoms with Gasteiger partial charge in [-0.15, -0.1) is 5.10 Å². The lowest BCUT2D eigenvalue weighted by Gasteiger charge is -2.36. The Morgan fingerprint density at radius 2 is 2.37 bits per heavy atom. The molecular weight excluding hydrogens is 260 g/mol. The van der Waals surface area contributed by atoms with Gasteiger partial charge < -0.3 is 9.47 Å². The quantitative estimate of drug-likeness (QED) is 0.845. The molecule has 1 aliphatic heterocycles. The average Bonchev–Trinajstić information content (AvgIpc) is 3.04. The number of nitrogens with zero attached hydrogens (tertiary/aromatic N) is 4. The first-order valence-electron chi connectivity index (χ1n) is 6.47. The van der Waals surface area contributed by atoms with Crippen molar-refractivity contribution in [1.29, 1.82) is 0 Å². The van der Waals surface area contributed by atoms with E-state index in [2.05, 4.69) is 33.3 Å². The molecule has 3 rings (SSSR count). The molecule has 100 valence electrons. The fraction of sp³-hybridized carbons (Fsp3) is 0.462. The monoisotopic (exact) mass is 276 g/mol. The summed E-state index contributed by atoms with van der Waals surface area (Å²) in [5, 5.41) is 3.93. The summed E-state index contributed by atoms with van der Waals surface area (Å²) >= 11 is 1.19. The van der Waals surface area contributed by atoms with Gasteiger partial charge in [-0.25, -0.2) is 0 Å². The van der Waals surface area contributed by atoms with Crippen molar-refractivity contribution >= 4 is 17.4 Å². The van der Waals surface area contributed by atoms with Crippen molar-refractivity contribution in [2.75, 3.05) is 6.54 Å². The Hall–Kier alpha value is -1.69. The van der Waals surface area contributed by atoms with Gasteiger partial charge in [-0.05, 0) is 37.0 Å². The highest BCUT2D eigenvalue weighted by Gasteiger charge is 2.31. The highest BCUT2D eigenvalue weighted by Crippen LogP contribution is 2.30. The molecule has 1 atom stereocenters. The van der Waals surface area contributed by atoms with E-state index in [9.17, 15) is 4.79 Å². The largest absolute Gasteiger partial charge is 0.348 e. The second kappa shape index (κ2) is 4.77. The molecule has 0 saturated heterocycles. The van der Waals surface area contributed by atoms with E-state index >= 15 is 0 Å². The Bertz CT molecular complexity index is 603. The van der Waals surface area contributed by atoms with Crippen molar-refractivity contribution in [2.24, 2.45) is 0 Å². The summed E-state index contributed by atoms with van der Waals surface area (Å²) in [6, 6.07) is 4.30. The molecule has 0 fully saturated rings. The predicted molar refractivity (Wildman–Crippen MR) is 73.1 cm³/mol. The van der Waals surface area contributed by atoms with Crippen LogP contribution in [0.3, 0.4) is 0 Å². The predicted octanol–water partition coefficient (Wildman–Crippen LogP) is 2.26. The Balaban J connectivity index is 1.94. The van der Waals surface area contributed by atoms with E-state index in [1.165, 1.54) is 17.2 Å².